The predicted octanol–water partition coefficient (Wildman–Crippen LogP) is 5.76. The molecule has 0 saturated carbocycles. The Bertz CT molecular complexity index is 937. The average molecular weight is 375 g/mol. The third-order valence-electron chi connectivity index (χ3n) is 3.95. The SMILES string of the molecule is N=C(c1ccccc1)c1ccccc1Cc1ncc(C(F)(F)F)cc1Cl. The van der Waals surface area contributed by atoms with Crippen LogP contribution in [0.5, 0.6) is 0 Å². The normalized spacial score (nSPS) is 11.4. The number of alkyl halides is 3. The number of aromatic nitrogens is 1. The van der Waals surface area contributed by atoms with E-state index in [0.717, 1.165) is 23.4 Å². The van der Waals surface area contributed by atoms with Crippen LogP contribution in [0, 0.1) is 5.41 Å². The molecule has 0 bridgehead atoms. The Kier molecular flexibility index (Phi) is 5.09. The van der Waals surface area contributed by atoms with E-state index >= 15 is 0 Å². The molecule has 0 unspecified atom stereocenters. The molecule has 6 heteroatoms. The van der Waals surface area contributed by atoms with E-state index in [0.29, 0.717) is 17.0 Å². The highest BCUT2D eigenvalue weighted by Crippen LogP contribution is 2.31. The second-order valence-corrected chi connectivity index (χ2v) is 6.13. The van der Waals surface area contributed by atoms with E-state index in [1.165, 1.54) is 0 Å². The zero-order chi connectivity index (χ0) is 18.7. The number of hydrogen-bond acceptors (Lipinski definition) is 2. The van der Waals surface area contributed by atoms with Crippen molar-refractivity contribution in [1.29, 1.82) is 5.41 Å². The molecular weight excluding hydrogens is 361 g/mol. The zero-order valence-corrected chi connectivity index (χ0v) is 14.3. The maximum atomic E-state index is 12.8. The van der Waals surface area contributed by atoms with Crippen LogP contribution in [0.3, 0.4) is 0 Å². The van der Waals surface area contributed by atoms with Crippen LogP contribution in [-0.2, 0) is 12.6 Å². The first-order valence-corrected chi connectivity index (χ1v) is 8.18. The minimum Gasteiger partial charge on any atom is -0.300 e. The van der Waals surface area contributed by atoms with Gasteiger partial charge < -0.3 is 0 Å². The van der Waals surface area contributed by atoms with Crippen molar-refractivity contribution < 1.29 is 13.2 Å². The Labute approximate surface area is 153 Å². The van der Waals surface area contributed by atoms with Crippen molar-refractivity contribution in [2.45, 2.75) is 12.6 Å². The summed E-state index contributed by atoms with van der Waals surface area (Å²) in [5.74, 6) is 0. The van der Waals surface area contributed by atoms with Crippen LogP contribution in [0.4, 0.5) is 13.2 Å². The van der Waals surface area contributed by atoms with Crippen molar-refractivity contribution in [3.8, 4) is 0 Å². The predicted molar refractivity (Wildman–Crippen MR) is 95.9 cm³/mol. The fourth-order valence-electron chi connectivity index (χ4n) is 2.61. The number of halogens is 4. The molecule has 0 aliphatic heterocycles. The van der Waals surface area contributed by atoms with Crippen LogP contribution in [0.2, 0.25) is 5.02 Å². The van der Waals surface area contributed by atoms with Gasteiger partial charge in [-0.05, 0) is 11.6 Å². The molecule has 1 N–H and O–H groups in total. The molecule has 26 heavy (non-hydrogen) atoms. The van der Waals surface area contributed by atoms with Gasteiger partial charge in [-0.15, -0.1) is 0 Å². The van der Waals surface area contributed by atoms with Crippen molar-refractivity contribution in [2.24, 2.45) is 0 Å². The number of nitrogens with one attached hydrogen (secondary N) is 1. The van der Waals surface area contributed by atoms with Gasteiger partial charge in [-0.2, -0.15) is 13.2 Å². The molecule has 3 rings (SSSR count). The molecule has 0 aliphatic carbocycles. The van der Waals surface area contributed by atoms with Gasteiger partial charge in [0.2, 0.25) is 0 Å². The summed E-state index contributed by atoms with van der Waals surface area (Å²) in [6.45, 7) is 0. The fraction of sp³-hybridized carbons (Fsp3) is 0.100. The Morgan fingerprint density at radius 2 is 1.65 bits per heavy atom. The molecule has 132 valence electrons. The van der Waals surface area contributed by atoms with Gasteiger partial charge in [0.15, 0.2) is 0 Å². The molecule has 0 aliphatic rings. The Morgan fingerprint density at radius 3 is 2.31 bits per heavy atom. The summed E-state index contributed by atoms with van der Waals surface area (Å²) >= 11 is 6.02. The van der Waals surface area contributed by atoms with E-state index in [9.17, 15) is 13.2 Å². The molecule has 0 spiro atoms. The van der Waals surface area contributed by atoms with Gasteiger partial charge >= 0.3 is 6.18 Å². The highest BCUT2D eigenvalue weighted by Gasteiger charge is 2.31. The molecule has 3 aromatic rings. The maximum Gasteiger partial charge on any atom is 0.417 e. The monoisotopic (exact) mass is 374 g/mol. The lowest BCUT2D eigenvalue weighted by atomic mass is 9.95. The van der Waals surface area contributed by atoms with E-state index in [1.54, 1.807) is 0 Å². The summed E-state index contributed by atoms with van der Waals surface area (Å²) in [5, 5.41) is 8.40. The first-order chi connectivity index (χ1) is 12.4. The highest BCUT2D eigenvalue weighted by atomic mass is 35.5. The lowest BCUT2D eigenvalue weighted by Crippen LogP contribution is -2.09. The largest absolute Gasteiger partial charge is 0.417 e. The summed E-state index contributed by atoms with van der Waals surface area (Å²) in [6.07, 6.45) is -3.46. The van der Waals surface area contributed by atoms with E-state index in [2.05, 4.69) is 4.98 Å². The van der Waals surface area contributed by atoms with Crippen molar-refractivity contribution in [2.75, 3.05) is 0 Å². The summed E-state index contributed by atoms with van der Waals surface area (Å²) in [7, 11) is 0. The molecule has 1 heterocycles. The smallest absolute Gasteiger partial charge is 0.300 e. The molecule has 0 amide bonds. The molecule has 1 aromatic heterocycles. The molecule has 2 nitrogen and oxygen atoms in total. The van der Waals surface area contributed by atoms with Crippen LogP contribution >= 0.6 is 11.6 Å². The Balaban J connectivity index is 1.94. The minimum absolute atomic E-state index is 0.0409. The molecule has 0 radical (unpaired) electrons. The molecule has 2 aromatic carbocycles. The Morgan fingerprint density at radius 1 is 1.00 bits per heavy atom. The van der Waals surface area contributed by atoms with Crippen LogP contribution in [0.1, 0.15) is 27.9 Å². The van der Waals surface area contributed by atoms with Crippen molar-refractivity contribution in [1.82, 2.24) is 4.98 Å². The number of hydrogen-bond donors (Lipinski definition) is 1. The van der Waals surface area contributed by atoms with Crippen LogP contribution < -0.4 is 0 Å². The van der Waals surface area contributed by atoms with Crippen molar-refractivity contribution >= 4 is 17.3 Å². The average Bonchev–Trinajstić information content (AvgIpc) is 2.63. The van der Waals surface area contributed by atoms with E-state index < -0.39 is 11.7 Å². The lowest BCUT2D eigenvalue weighted by Gasteiger charge is -2.13. The van der Waals surface area contributed by atoms with Gasteiger partial charge in [0.1, 0.15) is 0 Å². The third kappa shape index (κ3) is 3.94. The first-order valence-electron chi connectivity index (χ1n) is 7.80. The molecular formula is C20H14ClF3N2. The fourth-order valence-corrected chi connectivity index (χ4v) is 2.84. The maximum absolute atomic E-state index is 12.8. The summed E-state index contributed by atoms with van der Waals surface area (Å²) in [5.41, 5.74) is 2.02. The van der Waals surface area contributed by atoms with Gasteiger partial charge in [0.25, 0.3) is 0 Å². The highest BCUT2D eigenvalue weighted by molar-refractivity contribution is 6.31. The number of nitrogens with zero attached hydrogens (tertiary/aromatic N) is 1. The van der Waals surface area contributed by atoms with Gasteiger partial charge in [-0.3, -0.25) is 10.4 Å². The van der Waals surface area contributed by atoms with E-state index in [1.807, 2.05) is 54.6 Å². The summed E-state index contributed by atoms with van der Waals surface area (Å²) < 4.78 is 38.3. The van der Waals surface area contributed by atoms with Gasteiger partial charge in [-0.25, -0.2) is 0 Å². The quantitative estimate of drug-likeness (QED) is 0.579. The molecule has 0 fully saturated rings. The summed E-state index contributed by atoms with van der Waals surface area (Å²) in [4.78, 5) is 3.89. The first kappa shape index (κ1) is 18.1. The second-order valence-electron chi connectivity index (χ2n) is 5.73. The van der Waals surface area contributed by atoms with Crippen LogP contribution in [0.25, 0.3) is 0 Å². The molecule has 0 saturated heterocycles. The van der Waals surface area contributed by atoms with Crippen LogP contribution in [-0.4, -0.2) is 10.7 Å². The van der Waals surface area contributed by atoms with E-state index in [-0.39, 0.29) is 11.4 Å². The van der Waals surface area contributed by atoms with Crippen LogP contribution in [0.15, 0.2) is 66.9 Å². The molecule has 0 atom stereocenters. The number of benzene rings is 2. The van der Waals surface area contributed by atoms with Crippen molar-refractivity contribution in [3.63, 3.8) is 0 Å². The second kappa shape index (κ2) is 7.30. The summed E-state index contributed by atoms with van der Waals surface area (Å²) in [6, 6.07) is 17.4. The topological polar surface area (TPSA) is 36.7 Å². The zero-order valence-electron chi connectivity index (χ0n) is 13.5. The lowest BCUT2D eigenvalue weighted by molar-refractivity contribution is -0.137. The standard InChI is InChI=1S/C20H14ClF3N2/c21-17-11-15(20(22,23)24)12-26-18(17)10-14-8-4-5-9-16(14)19(25)13-6-2-1-3-7-13/h1-9,11-12,25H,10H2. The van der Waals surface area contributed by atoms with E-state index in [4.69, 9.17) is 17.0 Å². The van der Waals surface area contributed by atoms with Gasteiger partial charge in [-0.1, -0.05) is 66.2 Å². The van der Waals surface area contributed by atoms with Gasteiger partial charge in [0, 0.05) is 23.7 Å². The third-order valence-corrected chi connectivity index (χ3v) is 4.28. The van der Waals surface area contributed by atoms with Gasteiger partial charge in [0.05, 0.1) is 22.0 Å². The minimum atomic E-state index is -4.48. The van der Waals surface area contributed by atoms with Crippen molar-refractivity contribution in [3.05, 3.63) is 99.8 Å². The Hall–Kier alpha value is -2.66. The number of rotatable bonds is 4. The number of pyridine rings is 1.